The summed E-state index contributed by atoms with van der Waals surface area (Å²) < 4.78 is 32.1. The lowest BCUT2D eigenvalue weighted by atomic mass is 9.92. The van der Waals surface area contributed by atoms with Gasteiger partial charge in [-0.15, -0.1) is 0 Å². The number of nitrogens with one attached hydrogen (secondary N) is 1. The quantitative estimate of drug-likeness (QED) is 0.665. The second-order valence-electron chi connectivity index (χ2n) is 7.62. The summed E-state index contributed by atoms with van der Waals surface area (Å²) in [6, 6.07) is 1.75. The van der Waals surface area contributed by atoms with Crippen molar-refractivity contribution < 1.29 is 17.9 Å². The summed E-state index contributed by atoms with van der Waals surface area (Å²) in [5.41, 5.74) is -0.513. The van der Waals surface area contributed by atoms with Crippen LogP contribution in [0.15, 0.2) is 34.2 Å². The number of halogens is 1. The average molecular weight is 472 g/mol. The van der Waals surface area contributed by atoms with Gasteiger partial charge in [-0.3, -0.25) is 9.59 Å². The van der Waals surface area contributed by atoms with E-state index in [1.165, 1.54) is 23.0 Å². The fourth-order valence-corrected chi connectivity index (χ4v) is 6.09. The first-order valence-electron chi connectivity index (χ1n) is 9.80. The molecule has 1 N–H and O–H groups in total. The van der Waals surface area contributed by atoms with Crippen molar-refractivity contribution in [2.45, 2.75) is 48.3 Å². The van der Waals surface area contributed by atoms with Crippen LogP contribution in [0.2, 0.25) is 4.34 Å². The minimum Gasteiger partial charge on any atom is -0.381 e. The SMILES string of the molecule is O=C(Nc1ncc(Cl)s1)[C@H](CC1CCOCC1)n1ccc(S(=O)(=O)C2CC2)cc1=O. The van der Waals surface area contributed by atoms with Crippen molar-refractivity contribution in [1.82, 2.24) is 9.55 Å². The van der Waals surface area contributed by atoms with Crippen LogP contribution in [0.25, 0.3) is 0 Å². The molecule has 1 saturated carbocycles. The Labute approximate surface area is 183 Å². The Morgan fingerprint density at radius 1 is 1.33 bits per heavy atom. The van der Waals surface area contributed by atoms with Crippen LogP contribution in [0.5, 0.6) is 0 Å². The molecule has 30 heavy (non-hydrogen) atoms. The van der Waals surface area contributed by atoms with E-state index in [-0.39, 0.29) is 16.7 Å². The second-order valence-corrected chi connectivity index (χ2v) is 11.5. The van der Waals surface area contributed by atoms with Crippen LogP contribution < -0.4 is 10.9 Å². The summed E-state index contributed by atoms with van der Waals surface area (Å²) in [6.45, 7) is 1.24. The van der Waals surface area contributed by atoms with E-state index in [0.717, 1.165) is 30.2 Å². The lowest BCUT2D eigenvalue weighted by Gasteiger charge is -2.27. The summed E-state index contributed by atoms with van der Waals surface area (Å²) in [5.74, 6) is -0.163. The Morgan fingerprint density at radius 3 is 2.67 bits per heavy atom. The molecule has 2 aliphatic rings. The van der Waals surface area contributed by atoms with Crippen molar-refractivity contribution in [3.8, 4) is 0 Å². The van der Waals surface area contributed by atoms with Crippen LogP contribution in [0.4, 0.5) is 5.13 Å². The van der Waals surface area contributed by atoms with Crippen molar-refractivity contribution >= 4 is 43.8 Å². The predicted octanol–water partition coefficient (Wildman–Crippen LogP) is 2.89. The highest BCUT2D eigenvalue weighted by atomic mass is 35.5. The van der Waals surface area contributed by atoms with Crippen molar-refractivity contribution in [2.24, 2.45) is 5.92 Å². The van der Waals surface area contributed by atoms with Gasteiger partial charge in [0.25, 0.3) is 5.56 Å². The van der Waals surface area contributed by atoms with Crippen molar-refractivity contribution in [1.29, 1.82) is 0 Å². The molecule has 0 aromatic carbocycles. The van der Waals surface area contributed by atoms with E-state index in [4.69, 9.17) is 16.3 Å². The highest BCUT2D eigenvalue weighted by molar-refractivity contribution is 7.92. The molecular weight excluding hydrogens is 450 g/mol. The highest BCUT2D eigenvalue weighted by Crippen LogP contribution is 2.33. The van der Waals surface area contributed by atoms with Crippen molar-refractivity contribution in [3.63, 3.8) is 0 Å². The molecule has 2 aromatic rings. The topological polar surface area (TPSA) is 107 Å². The fourth-order valence-electron chi connectivity index (χ4n) is 3.62. The van der Waals surface area contributed by atoms with Gasteiger partial charge in [0.15, 0.2) is 15.0 Å². The van der Waals surface area contributed by atoms with Crippen LogP contribution >= 0.6 is 22.9 Å². The summed E-state index contributed by atoms with van der Waals surface area (Å²) >= 11 is 7.02. The standard InChI is InChI=1S/C19H22ClN3O5S2/c20-16-11-21-19(29-16)22-18(25)15(9-12-4-7-28-8-5-12)23-6-3-14(10-17(23)24)30(26,27)13-1-2-13/h3,6,10-13,15H,1-2,4-5,7-9H2,(H,21,22,25)/t15-/m0/s1. The molecular formula is C19H22ClN3O5S2. The maximum Gasteiger partial charge on any atom is 0.252 e. The number of carbonyl (C=O) groups excluding carboxylic acids is 1. The molecule has 0 spiro atoms. The summed E-state index contributed by atoms with van der Waals surface area (Å²) in [6.07, 6.45) is 6.15. The number of ether oxygens (including phenoxy) is 1. The third-order valence-electron chi connectivity index (χ3n) is 5.45. The van der Waals surface area contributed by atoms with Crippen LogP contribution in [-0.2, 0) is 19.4 Å². The van der Waals surface area contributed by atoms with E-state index in [9.17, 15) is 18.0 Å². The van der Waals surface area contributed by atoms with E-state index < -0.39 is 26.7 Å². The van der Waals surface area contributed by atoms with E-state index >= 15 is 0 Å². The summed E-state index contributed by atoms with van der Waals surface area (Å²) in [5, 5.41) is 2.68. The fraction of sp³-hybridized carbons (Fsp3) is 0.526. The Balaban J connectivity index is 1.62. The van der Waals surface area contributed by atoms with Gasteiger partial charge in [-0.1, -0.05) is 22.9 Å². The number of anilines is 1. The van der Waals surface area contributed by atoms with Crippen LogP contribution in [-0.4, -0.2) is 42.3 Å². The lowest BCUT2D eigenvalue weighted by Crippen LogP contribution is -2.35. The van der Waals surface area contributed by atoms with Gasteiger partial charge in [-0.05, 0) is 44.1 Å². The minimum absolute atomic E-state index is 0.0168. The number of nitrogens with zero attached hydrogens (tertiary/aromatic N) is 2. The van der Waals surface area contributed by atoms with Gasteiger partial charge < -0.3 is 14.6 Å². The summed E-state index contributed by atoms with van der Waals surface area (Å²) in [7, 11) is -3.48. The zero-order chi connectivity index (χ0) is 21.3. The van der Waals surface area contributed by atoms with E-state index in [1.807, 2.05) is 0 Å². The van der Waals surface area contributed by atoms with Crippen molar-refractivity contribution in [2.75, 3.05) is 18.5 Å². The van der Waals surface area contributed by atoms with Crippen LogP contribution in [0, 0.1) is 5.92 Å². The van der Waals surface area contributed by atoms with Gasteiger partial charge in [0.05, 0.1) is 16.3 Å². The van der Waals surface area contributed by atoms with E-state index in [1.54, 1.807) is 0 Å². The van der Waals surface area contributed by atoms with Crippen molar-refractivity contribution in [3.05, 3.63) is 39.2 Å². The van der Waals surface area contributed by atoms with Gasteiger partial charge in [0.2, 0.25) is 5.91 Å². The number of pyridine rings is 1. The zero-order valence-electron chi connectivity index (χ0n) is 16.1. The molecule has 1 aliphatic carbocycles. The highest BCUT2D eigenvalue weighted by Gasteiger charge is 2.37. The van der Waals surface area contributed by atoms with Gasteiger partial charge in [0, 0.05) is 25.5 Å². The van der Waals surface area contributed by atoms with E-state index in [2.05, 4.69) is 10.3 Å². The number of carbonyl (C=O) groups is 1. The maximum atomic E-state index is 13.1. The number of sulfone groups is 1. The Kier molecular flexibility index (Phi) is 6.29. The molecule has 11 heteroatoms. The second kappa shape index (κ2) is 8.78. The normalized spacial score (nSPS) is 18.8. The third-order valence-corrected chi connectivity index (χ3v) is 8.75. The molecule has 2 aromatic heterocycles. The largest absolute Gasteiger partial charge is 0.381 e. The van der Waals surface area contributed by atoms with E-state index in [0.29, 0.717) is 41.9 Å². The molecule has 162 valence electrons. The molecule has 1 atom stereocenters. The molecule has 4 rings (SSSR count). The van der Waals surface area contributed by atoms with Gasteiger partial charge in [-0.2, -0.15) is 0 Å². The Hall–Kier alpha value is -1.75. The molecule has 0 unspecified atom stereocenters. The van der Waals surface area contributed by atoms with Crippen LogP contribution in [0.3, 0.4) is 0 Å². The predicted molar refractivity (Wildman–Crippen MR) is 114 cm³/mol. The zero-order valence-corrected chi connectivity index (χ0v) is 18.5. The minimum atomic E-state index is -3.48. The average Bonchev–Trinajstić information content (AvgIpc) is 3.51. The van der Waals surface area contributed by atoms with Crippen LogP contribution in [0.1, 0.15) is 38.1 Å². The molecule has 8 nitrogen and oxygen atoms in total. The molecule has 0 radical (unpaired) electrons. The van der Waals surface area contributed by atoms with Gasteiger partial charge in [0.1, 0.15) is 10.4 Å². The smallest absolute Gasteiger partial charge is 0.252 e. The first kappa shape index (κ1) is 21.5. The number of thiazole rings is 1. The number of rotatable bonds is 7. The first-order chi connectivity index (χ1) is 14.3. The monoisotopic (exact) mass is 471 g/mol. The number of hydrogen-bond donors (Lipinski definition) is 1. The molecule has 0 bridgehead atoms. The van der Waals surface area contributed by atoms with Gasteiger partial charge >= 0.3 is 0 Å². The van der Waals surface area contributed by atoms with Gasteiger partial charge in [-0.25, -0.2) is 13.4 Å². The molecule has 3 heterocycles. The number of aromatic nitrogens is 2. The molecule has 2 fully saturated rings. The Morgan fingerprint density at radius 2 is 2.07 bits per heavy atom. The molecule has 1 aliphatic heterocycles. The number of hydrogen-bond acceptors (Lipinski definition) is 7. The third kappa shape index (κ3) is 4.77. The molecule has 1 amide bonds. The number of amides is 1. The first-order valence-corrected chi connectivity index (χ1v) is 12.5. The molecule has 1 saturated heterocycles. The maximum absolute atomic E-state index is 13.1. The summed E-state index contributed by atoms with van der Waals surface area (Å²) in [4.78, 5) is 29.9. The lowest BCUT2D eigenvalue weighted by molar-refractivity contribution is -0.120. The Bertz CT molecular complexity index is 1090.